The Morgan fingerprint density at radius 1 is 1.17 bits per heavy atom. The van der Waals surface area contributed by atoms with Gasteiger partial charge in [-0.05, 0) is 34.1 Å². The summed E-state index contributed by atoms with van der Waals surface area (Å²) >= 11 is 9.74. The fourth-order valence-corrected chi connectivity index (χ4v) is 3.49. The maximum absolute atomic E-state index is 12.7. The van der Waals surface area contributed by atoms with Crippen LogP contribution in [-0.2, 0) is 0 Å². The fourth-order valence-electron chi connectivity index (χ4n) is 2.52. The number of H-pyrrole nitrogens is 1. The van der Waals surface area contributed by atoms with E-state index in [2.05, 4.69) is 26.2 Å². The van der Waals surface area contributed by atoms with Crippen LogP contribution in [0.15, 0.2) is 46.9 Å². The molecule has 1 heterocycles. The minimum Gasteiger partial charge on any atom is -0.375 e. The van der Waals surface area contributed by atoms with Gasteiger partial charge in [-0.1, -0.05) is 35.9 Å². The van der Waals surface area contributed by atoms with Crippen LogP contribution in [0.1, 0.15) is 10.5 Å². The standard InChI is InChI=1S/C17H15BrClN3O/c1-22(2)16-11(19)7-5-9-13(16)21-17(23)15-14(18)10-6-3-4-8-12(10)20-15/h3-9,20H,1-2H3,(H,21,23). The molecule has 0 unspecified atom stereocenters. The zero-order chi connectivity index (χ0) is 16.6. The Hall–Kier alpha value is -1.98. The number of para-hydroxylation sites is 2. The minimum atomic E-state index is -0.224. The highest BCUT2D eigenvalue weighted by molar-refractivity contribution is 9.10. The van der Waals surface area contributed by atoms with Gasteiger partial charge in [0.2, 0.25) is 0 Å². The summed E-state index contributed by atoms with van der Waals surface area (Å²) in [5, 5.41) is 4.48. The Balaban J connectivity index is 1.99. The highest BCUT2D eigenvalue weighted by Crippen LogP contribution is 2.34. The SMILES string of the molecule is CN(C)c1c(Cl)cccc1NC(=O)c1[nH]c2ccccc2c1Br. The summed E-state index contributed by atoms with van der Waals surface area (Å²) in [4.78, 5) is 17.7. The van der Waals surface area contributed by atoms with Gasteiger partial charge in [0.25, 0.3) is 5.91 Å². The maximum Gasteiger partial charge on any atom is 0.273 e. The summed E-state index contributed by atoms with van der Waals surface area (Å²) in [6.45, 7) is 0. The lowest BCUT2D eigenvalue weighted by molar-refractivity contribution is 0.102. The number of fused-ring (bicyclic) bond motifs is 1. The monoisotopic (exact) mass is 391 g/mol. The fraction of sp³-hybridized carbons (Fsp3) is 0.118. The molecule has 2 aromatic carbocycles. The van der Waals surface area contributed by atoms with Gasteiger partial charge in [-0.3, -0.25) is 4.79 Å². The molecule has 3 rings (SSSR count). The van der Waals surface area contributed by atoms with Crippen LogP contribution >= 0.6 is 27.5 Å². The van der Waals surface area contributed by atoms with Gasteiger partial charge in [-0.2, -0.15) is 0 Å². The number of amides is 1. The molecule has 0 aliphatic heterocycles. The van der Waals surface area contributed by atoms with Crippen LogP contribution in [0.5, 0.6) is 0 Å². The molecule has 0 radical (unpaired) electrons. The molecule has 2 N–H and O–H groups in total. The number of rotatable bonds is 3. The van der Waals surface area contributed by atoms with Gasteiger partial charge in [0, 0.05) is 25.0 Å². The van der Waals surface area contributed by atoms with E-state index < -0.39 is 0 Å². The van der Waals surface area contributed by atoms with Crippen LogP contribution in [0.3, 0.4) is 0 Å². The van der Waals surface area contributed by atoms with Crippen molar-refractivity contribution < 1.29 is 4.79 Å². The Bertz CT molecular complexity index is 889. The van der Waals surface area contributed by atoms with Crippen LogP contribution in [0.2, 0.25) is 5.02 Å². The van der Waals surface area contributed by atoms with Gasteiger partial charge in [0.1, 0.15) is 5.69 Å². The topological polar surface area (TPSA) is 48.1 Å². The molecule has 3 aromatic rings. The van der Waals surface area contributed by atoms with Crippen molar-refractivity contribution >= 4 is 55.7 Å². The first-order valence-corrected chi connectivity index (χ1v) is 8.19. The number of carbonyl (C=O) groups is 1. The molecule has 4 nitrogen and oxygen atoms in total. The van der Waals surface area contributed by atoms with Crippen molar-refractivity contribution in [1.29, 1.82) is 0 Å². The summed E-state index contributed by atoms with van der Waals surface area (Å²) in [6, 6.07) is 13.2. The normalized spacial score (nSPS) is 10.8. The molecule has 0 atom stereocenters. The van der Waals surface area contributed by atoms with Crippen LogP contribution in [0.25, 0.3) is 10.9 Å². The summed E-state index contributed by atoms with van der Waals surface area (Å²) < 4.78 is 0.749. The van der Waals surface area contributed by atoms with Crippen LogP contribution in [-0.4, -0.2) is 25.0 Å². The van der Waals surface area contributed by atoms with E-state index in [4.69, 9.17) is 11.6 Å². The van der Waals surface area contributed by atoms with Crippen molar-refractivity contribution in [3.8, 4) is 0 Å². The molecular weight excluding hydrogens is 378 g/mol. The van der Waals surface area contributed by atoms with Crippen molar-refractivity contribution in [2.75, 3.05) is 24.3 Å². The first kappa shape index (κ1) is 15.9. The molecule has 0 saturated heterocycles. The third kappa shape index (κ3) is 2.94. The van der Waals surface area contributed by atoms with Gasteiger partial charge in [0.15, 0.2) is 0 Å². The number of hydrogen-bond donors (Lipinski definition) is 2. The molecule has 6 heteroatoms. The third-order valence-corrected chi connectivity index (χ3v) is 4.68. The lowest BCUT2D eigenvalue weighted by Crippen LogP contribution is -2.17. The van der Waals surface area contributed by atoms with Gasteiger partial charge in [-0.15, -0.1) is 0 Å². The average Bonchev–Trinajstić information content (AvgIpc) is 2.85. The van der Waals surface area contributed by atoms with E-state index in [1.165, 1.54) is 0 Å². The molecule has 1 amide bonds. The highest BCUT2D eigenvalue weighted by atomic mass is 79.9. The maximum atomic E-state index is 12.7. The van der Waals surface area contributed by atoms with E-state index in [-0.39, 0.29) is 5.91 Å². The zero-order valence-electron chi connectivity index (χ0n) is 12.7. The van der Waals surface area contributed by atoms with Crippen molar-refractivity contribution in [2.45, 2.75) is 0 Å². The van der Waals surface area contributed by atoms with Crippen molar-refractivity contribution in [3.63, 3.8) is 0 Å². The number of hydrogen-bond acceptors (Lipinski definition) is 2. The molecule has 0 aliphatic rings. The molecule has 0 spiro atoms. The number of carbonyl (C=O) groups excluding carboxylic acids is 1. The second kappa shape index (κ2) is 6.26. The number of benzene rings is 2. The number of anilines is 2. The molecular formula is C17H15BrClN3O. The summed E-state index contributed by atoms with van der Waals surface area (Å²) in [5.41, 5.74) is 2.83. The lowest BCUT2D eigenvalue weighted by Gasteiger charge is -2.19. The Kier molecular flexibility index (Phi) is 4.33. The minimum absolute atomic E-state index is 0.224. The smallest absolute Gasteiger partial charge is 0.273 e. The van der Waals surface area contributed by atoms with Gasteiger partial charge >= 0.3 is 0 Å². The second-order valence-corrected chi connectivity index (χ2v) is 6.54. The predicted molar refractivity (Wildman–Crippen MR) is 99.7 cm³/mol. The number of nitrogens with zero attached hydrogens (tertiary/aromatic N) is 1. The van der Waals surface area contributed by atoms with Crippen LogP contribution in [0.4, 0.5) is 11.4 Å². The highest BCUT2D eigenvalue weighted by Gasteiger charge is 2.18. The molecule has 0 aliphatic carbocycles. The Morgan fingerprint density at radius 2 is 1.91 bits per heavy atom. The molecule has 118 valence electrons. The number of halogens is 2. The van der Waals surface area contributed by atoms with Crippen molar-refractivity contribution in [3.05, 3.63) is 57.7 Å². The summed E-state index contributed by atoms with van der Waals surface area (Å²) in [6.07, 6.45) is 0. The first-order chi connectivity index (χ1) is 11.0. The lowest BCUT2D eigenvalue weighted by atomic mass is 10.2. The Labute approximate surface area is 147 Å². The second-order valence-electron chi connectivity index (χ2n) is 5.34. The molecule has 0 bridgehead atoms. The quantitative estimate of drug-likeness (QED) is 0.666. The summed E-state index contributed by atoms with van der Waals surface area (Å²) in [5.74, 6) is -0.224. The average molecular weight is 393 g/mol. The van der Waals surface area contributed by atoms with E-state index in [1.54, 1.807) is 6.07 Å². The van der Waals surface area contributed by atoms with E-state index >= 15 is 0 Å². The van der Waals surface area contributed by atoms with Crippen molar-refractivity contribution in [1.82, 2.24) is 4.98 Å². The van der Waals surface area contributed by atoms with E-state index in [0.717, 1.165) is 21.1 Å². The molecule has 0 saturated carbocycles. The molecule has 23 heavy (non-hydrogen) atoms. The van der Waals surface area contributed by atoms with Crippen molar-refractivity contribution in [2.24, 2.45) is 0 Å². The Morgan fingerprint density at radius 3 is 2.61 bits per heavy atom. The predicted octanol–water partition coefficient (Wildman–Crippen LogP) is 4.90. The van der Waals surface area contributed by atoms with Crippen LogP contribution in [0, 0.1) is 0 Å². The van der Waals surface area contributed by atoms with E-state index in [1.807, 2.05) is 55.4 Å². The molecule has 1 aromatic heterocycles. The van der Waals surface area contributed by atoms with E-state index in [0.29, 0.717) is 16.4 Å². The molecule has 0 fully saturated rings. The van der Waals surface area contributed by atoms with Gasteiger partial charge < -0.3 is 15.2 Å². The number of aromatic nitrogens is 1. The number of aromatic amines is 1. The van der Waals surface area contributed by atoms with E-state index in [9.17, 15) is 4.79 Å². The third-order valence-electron chi connectivity index (χ3n) is 3.55. The van der Waals surface area contributed by atoms with Gasteiger partial charge in [-0.25, -0.2) is 0 Å². The summed E-state index contributed by atoms with van der Waals surface area (Å²) in [7, 11) is 3.77. The van der Waals surface area contributed by atoms with Gasteiger partial charge in [0.05, 0.1) is 20.9 Å². The number of nitrogens with one attached hydrogen (secondary N) is 2. The zero-order valence-corrected chi connectivity index (χ0v) is 15.0. The van der Waals surface area contributed by atoms with Crippen LogP contribution < -0.4 is 10.2 Å². The first-order valence-electron chi connectivity index (χ1n) is 7.02. The largest absolute Gasteiger partial charge is 0.375 e.